The molecule has 1 aliphatic heterocycles. The molecule has 0 spiro atoms. The van der Waals surface area contributed by atoms with Gasteiger partial charge in [0.1, 0.15) is 11.5 Å². The highest BCUT2D eigenvalue weighted by molar-refractivity contribution is 5.42. The van der Waals surface area contributed by atoms with Crippen LogP contribution in [0, 0.1) is 0 Å². The molecule has 0 bridgehead atoms. The number of aromatic hydroxyl groups is 1. The molecule has 1 aromatic carbocycles. The van der Waals surface area contributed by atoms with Crippen LogP contribution in [0.3, 0.4) is 0 Å². The molecular weight excluding hydrogens is 285 g/mol. The number of hydrogen-bond acceptors (Lipinski definition) is 4. The largest absolute Gasteiger partial charge is 0.508 e. The average Bonchev–Trinajstić information content (AvgIpc) is 2.45. The van der Waals surface area contributed by atoms with E-state index < -0.39 is 18.6 Å². The van der Waals surface area contributed by atoms with Gasteiger partial charge in [0.05, 0.1) is 13.5 Å². The van der Waals surface area contributed by atoms with E-state index in [0.29, 0.717) is 31.7 Å². The smallest absolute Gasteiger partial charge is 0.390 e. The fourth-order valence-electron chi connectivity index (χ4n) is 2.62. The van der Waals surface area contributed by atoms with Crippen LogP contribution in [0.5, 0.6) is 11.5 Å². The first kappa shape index (κ1) is 15.9. The van der Waals surface area contributed by atoms with E-state index in [1.807, 2.05) is 0 Å². The highest BCUT2D eigenvalue weighted by atomic mass is 19.4. The van der Waals surface area contributed by atoms with Crippen molar-refractivity contribution in [2.24, 2.45) is 0 Å². The molecule has 2 N–H and O–H groups in total. The van der Waals surface area contributed by atoms with Crippen LogP contribution >= 0.6 is 0 Å². The summed E-state index contributed by atoms with van der Waals surface area (Å²) in [7, 11) is 1.39. The second kappa shape index (κ2) is 6.53. The summed E-state index contributed by atoms with van der Waals surface area (Å²) >= 11 is 0. The van der Waals surface area contributed by atoms with Gasteiger partial charge in [0, 0.05) is 43.9 Å². The van der Waals surface area contributed by atoms with Crippen LogP contribution in [0.15, 0.2) is 18.2 Å². The molecule has 2 rings (SSSR count). The minimum Gasteiger partial charge on any atom is -0.508 e. The van der Waals surface area contributed by atoms with Crippen LogP contribution in [0.1, 0.15) is 18.0 Å². The summed E-state index contributed by atoms with van der Waals surface area (Å²) in [6, 6.07) is 3.44. The van der Waals surface area contributed by atoms with Crippen LogP contribution in [0.2, 0.25) is 0 Å². The molecule has 0 saturated carbocycles. The van der Waals surface area contributed by atoms with Gasteiger partial charge in [-0.05, 0) is 6.07 Å². The molecule has 4 nitrogen and oxygen atoms in total. The lowest BCUT2D eigenvalue weighted by Crippen LogP contribution is -2.46. The van der Waals surface area contributed by atoms with Crippen LogP contribution in [-0.4, -0.2) is 49.5 Å². The van der Waals surface area contributed by atoms with Crippen molar-refractivity contribution in [1.29, 1.82) is 0 Å². The normalized spacial score (nSPS) is 18.5. The molecule has 1 saturated heterocycles. The third kappa shape index (κ3) is 4.25. The topological polar surface area (TPSA) is 44.7 Å². The van der Waals surface area contributed by atoms with Crippen LogP contribution in [0.4, 0.5) is 13.2 Å². The quantitative estimate of drug-likeness (QED) is 0.896. The molecule has 1 heterocycles. The van der Waals surface area contributed by atoms with Crippen molar-refractivity contribution >= 4 is 0 Å². The molecule has 1 aliphatic rings. The Morgan fingerprint density at radius 3 is 2.57 bits per heavy atom. The first-order valence-corrected chi connectivity index (χ1v) is 6.79. The standard InChI is InChI=1S/C14H19F3N2O2/c1-21-13-8-10(20)2-3-11(13)12(9-14(15,16)17)19-6-4-18-5-7-19/h2-3,8,12,18,20H,4-7,9H2,1H3/t12-/m1/s1. The number of phenolic OH excluding ortho intramolecular Hbond substituents is 1. The predicted octanol–water partition coefficient (Wildman–Crippen LogP) is 2.30. The van der Waals surface area contributed by atoms with Gasteiger partial charge in [-0.2, -0.15) is 13.2 Å². The maximum Gasteiger partial charge on any atom is 0.390 e. The molecule has 1 aromatic rings. The molecule has 7 heteroatoms. The number of piperazine rings is 1. The van der Waals surface area contributed by atoms with Crippen LogP contribution in [0.25, 0.3) is 0 Å². The molecule has 0 unspecified atom stereocenters. The molecule has 0 radical (unpaired) electrons. The van der Waals surface area contributed by atoms with Crippen molar-refractivity contribution in [3.05, 3.63) is 23.8 Å². The van der Waals surface area contributed by atoms with E-state index in [-0.39, 0.29) is 11.5 Å². The molecular formula is C14H19F3N2O2. The maximum absolute atomic E-state index is 12.9. The zero-order chi connectivity index (χ0) is 15.5. The van der Waals surface area contributed by atoms with Crippen molar-refractivity contribution in [2.45, 2.75) is 18.6 Å². The van der Waals surface area contributed by atoms with Gasteiger partial charge in [0.25, 0.3) is 0 Å². The van der Waals surface area contributed by atoms with Crippen molar-refractivity contribution in [1.82, 2.24) is 10.2 Å². The predicted molar refractivity (Wildman–Crippen MR) is 72.5 cm³/mol. The van der Waals surface area contributed by atoms with E-state index in [1.54, 1.807) is 4.90 Å². The van der Waals surface area contributed by atoms with E-state index in [4.69, 9.17) is 4.74 Å². The fourth-order valence-corrected chi connectivity index (χ4v) is 2.62. The number of nitrogens with one attached hydrogen (secondary N) is 1. The maximum atomic E-state index is 12.9. The lowest BCUT2D eigenvalue weighted by Gasteiger charge is -2.36. The van der Waals surface area contributed by atoms with E-state index in [1.165, 1.54) is 25.3 Å². The number of benzene rings is 1. The lowest BCUT2D eigenvalue weighted by molar-refractivity contribution is -0.148. The van der Waals surface area contributed by atoms with Gasteiger partial charge in [-0.3, -0.25) is 4.90 Å². The Kier molecular flexibility index (Phi) is 4.95. The van der Waals surface area contributed by atoms with E-state index in [0.717, 1.165) is 0 Å². The summed E-state index contributed by atoms with van der Waals surface area (Å²) < 4.78 is 43.9. The van der Waals surface area contributed by atoms with Gasteiger partial charge in [-0.25, -0.2) is 0 Å². The van der Waals surface area contributed by atoms with E-state index in [9.17, 15) is 18.3 Å². The number of phenols is 1. The van der Waals surface area contributed by atoms with Gasteiger partial charge in [-0.15, -0.1) is 0 Å². The SMILES string of the molecule is COc1cc(O)ccc1[C@@H](CC(F)(F)F)N1CCNCC1. The zero-order valence-electron chi connectivity index (χ0n) is 11.8. The Morgan fingerprint density at radius 1 is 1.33 bits per heavy atom. The Balaban J connectivity index is 2.33. The summed E-state index contributed by atoms with van der Waals surface area (Å²) in [5, 5.41) is 12.6. The third-order valence-corrected chi connectivity index (χ3v) is 3.59. The first-order valence-electron chi connectivity index (χ1n) is 6.79. The van der Waals surface area contributed by atoms with Gasteiger partial charge < -0.3 is 15.2 Å². The van der Waals surface area contributed by atoms with Crippen LogP contribution < -0.4 is 10.1 Å². The summed E-state index contributed by atoms with van der Waals surface area (Å²) in [5.74, 6) is 0.254. The molecule has 1 atom stereocenters. The number of alkyl halides is 3. The fraction of sp³-hybridized carbons (Fsp3) is 0.571. The summed E-state index contributed by atoms with van der Waals surface area (Å²) in [6.07, 6.45) is -5.20. The number of halogens is 3. The Morgan fingerprint density at radius 2 is 2.00 bits per heavy atom. The molecule has 0 aliphatic carbocycles. The van der Waals surface area contributed by atoms with Gasteiger partial charge in [-0.1, -0.05) is 6.07 Å². The number of nitrogens with zero attached hydrogens (tertiary/aromatic N) is 1. The van der Waals surface area contributed by atoms with Crippen molar-refractivity contribution in [3.8, 4) is 11.5 Å². The summed E-state index contributed by atoms with van der Waals surface area (Å²) in [5.41, 5.74) is 0.453. The number of hydrogen-bond donors (Lipinski definition) is 2. The number of methoxy groups -OCH3 is 1. The van der Waals surface area contributed by atoms with Gasteiger partial charge >= 0.3 is 6.18 Å². The minimum absolute atomic E-state index is 0.0262. The third-order valence-electron chi connectivity index (χ3n) is 3.59. The Bertz CT molecular complexity index is 474. The average molecular weight is 304 g/mol. The summed E-state index contributed by atoms with van der Waals surface area (Å²) in [4.78, 5) is 1.80. The lowest BCUT2D eigenvalue weighted by atomic mass is 9.99. The van der Waals surface area contributed by atoms with E-state index >= 15 is 0 Å². The second-order valence-electron chi connectivity index (χ2n) is 5.05. The van der Waals surface area contributed by atoms with Gasteiger partial charge in [0.2, 0.25) is 0 Å². The molecule has 21 heavy (non-hydrogen) atoms. The van der Waals surface area contributed by atoms with E-state index in [2.05, 4.69) is 5.32 Å². The van der Waals surface area contributed by atoms with Crippen LogP contribution in [-0.2, 0) is 0 Å². The second-order valence-corrected chi connectivity index (χ2v) is 5.05. The van der Waals surface area contributed by atoms with Crippen molar-refractivity contribution < 1.29 is 23.0 Å². The first-order chi connectivity index (χ1) is 9.90. The van der Waals surface area contributed by atoms with Crippen molar-refractivity contribution in [2.75, 3.05) is 33.3 Å². The number of ether oxygens (including phenoxy) is 1. The van der Waals surface area contributed by atoms with Gasteiger partial charge in [0.15, 0.2) is 0 Å². The summed E-state index contributed by atoms with van der Waals surface area (Å²) in [6.45, 7) is 2.42. The minimum atomic E-state index is -4.27. The Labute approximate surface area is 121 Å². The molecule has 0 amide bonds. The zero-order valence-corrected chi connectivity index (χ0v) is 11.8. The number of rotatable bonds is 4. The monoisotopic (exact) mass is 304 g/mol. The molecule has 0 aromatic heterocycles. The molecule has 118 valence electrons. The highest BCUT2D eigenvalue weighted by Gasteiger charge is 2.37. The molecule has 1 fully saturated rings. The van der Waals surface area contributed by atoms with Crippen molar-refractivity contribution in [3.63, 3.8) is 0 Å². The Hall–Kier alpha value is -1.47. The highest BCUT2D eigenvalue weighted by Crippen LogP contribution is 2.39.